The number of rotatable bonds is 3. The summed E-state index contributed by atoms with van der Waals surface area (Å²) >= 11 is 0. The lowest BCUT2D eigenvalue weighted by atomic mass is 10.00. The van der Waals surface area contributed by atoms with Crippen molar-refractivity contribution in [2.45, 2.75) is 6.04 Å². The van der Waals surface area contributed by atoms with E-state index < -0.39 is 0 Å². The minimum Gasteiger partial charge on any atom is -0.275 e. The number of hydrogen-bond acceptors (Lipinski definition) is 4. The van der Waals surface area contributed by atoms with E-state index in [-0.39, 0.29) is 6.04 Å². The summed E-state index contributed by atoms with van der Waals surface area (Å²) in [5, 5.41) is 6.64. The number of hydrogen-bond donors (Lipinski definition) is 2. The first-order valence-corrected chi connectivity index (χ1v) is 6.08. The van der Waals surface area contributed by atoms with Crippen molar-refractivity contribution in [2.75, 3.05) is 0 Å². The largest absolute Gasteiger partial charge is 0.275 e. The molecule has 5 nitrogen and oxygen atoms in total. The number of fused-ring (bicyclic) bond motifs is 1. The Bertz CT molecular complexity index is 698. The highest BCUT2D eigenvalue weighted by molar-refractivity contribution is 5.85. The van der Waals surface area contributed by atoms with Gasteiger partial charge in [-0.1, -0.05) is 24.3 Å². The van der Waals surface area contributed by atoms with Crippen molar-refractivity contribution in [2.24, 2.45) is 12.9 Å². The molecule has 0 bridgehead atoms. The summed E-state index contributed by atoms with van der Waals surface area (Å²) in [6.07, 6.45) is 5.59. The summed E-state index contributed by atoms with van der Waals surface area (Å²) in [6, 6.07) is 9.90. The zero-order valence-electron chi connectivity index (χ0n) is 10.6. The molecule has 3 rings (SSSR count). The molecule has 1 unspecified atom stereocenters. The number of nitrogens with zero attached hydrogens (tertiary/aromatic N) is 3. The van der Waals surface area contributed by atoms with E-state index in [0.29, 0.717) is 0 Å². The highest BCUT2D eigenvalue weighted by Crippen LogP contribution is 2.26. The zero-order chi connectivity index (χ0) is 13.2. The van der Waals surface area contributed by atoms with Crippen LogP contribution in [0.15, 0.2) is 48.9 Å². The fourth-order valence-electron chi connectivity index (χ4n) is 2.29. The predicted octanol–water partition coefficient (Wildman–Crippen LogP) is 1.52. The van der Waals surface area contributed by atoms with Gasteiger partial charge in [0.2, 0.25) is 0 Å². The zero-order valence-corrected chi connectivity index (χ0v) is 10.6. The summed E-state index contributed by atoms with van der Waals surface area (Å²) in [7, 11) is 1.89. The maximum atomic E-state index is 5.71. The highest BCUT2D eigenvalue weighted by Gasteiger charge is 2.17. The second-order valence-electron chi connectivity index (χ2n) is 4.46. The Hall–Kier alpha value is -2.24. The van der Waals surface area contributed by atoms with Crippen LogP contribution >= 0.6 is 0 Å². The second kappa shape index (κ2) is 4.79. The van der Waals surface area contributed by atoms with Gasteiger partial charge < -0.3 is 0 Å². The first-order valence-electron chi connectivity index (χ1n) is 6.08. The van der Waals surface area contributed by atoms with Crippen molar-refractivity contribution in [1.29, 1.82) is 0 Å². The average molecular weight is 253 g/mol. The Morgan fingerprint density at radius 3 is 2.79 bits per heavy atom. The quantitative estimate of drug-likeness (QED) is 0.548. The molecule has 2 aromatic heterocycles. The molecule has 0 aliphatic carbocycles. The third-order valence-electron chi connectivity index (χ3n) is 3.21. The van der Waals surface area contributed by atoms with E-state index in [0.717, 1.165) is 22.0 Å². The van der Waals surface area contributed by atoms with Gasteiger partial charge in [0.1, 0.15) is 0 Å². The Morgan fingerprint density at radius 1 is 1.21 bits per heavy atom. The minimum absolute atomic E-state index is 0.167. The Morgan fingerprint density at radius 2 is 2.05 bits per heavy atom. The number of aryl methyl sites for hydroxylation is 1. The van der Waals surface area contributed by atoms with Crippen LogP contribution in [0.1, 0.15) is 17.3 Å². The van der Waals surface area contributed by atoms with Crippen LogP contribution in [0.2, 0.25) is 0 Å². The van der Waals surface area contributed by atoms with E-state index in [1.54, 1.807) is 4.68 Å². The smallest absolute Gasteiger partial charge is 0.0920 e. The summed E-state index contributed by atoms with van der Waals surface area (Å²) in [6.45, 7) is 0. The van der Waals surface area contributed by atoms with Crippen molar-refractivity contribution in [3.05, 3.63) is 60.2 Å². The van der Waals surface area contributed by atoms with Crippen LogP contribution in [0.25, 0.3) is 10.8 Å². The number of nitrogens with one attached hydrogen (secondary N) is 1. The van der Waals surface area contributed by atoms with Gasteiger partial charge in [0, 0.05) is 36.6 Å². The molecule has 0 saturated carbocycles. The summed E-state index contributed by atoms with van der Waals surface area (Å²) < 4.78 is 1.76. The van der Waals surface area contributed by atoms with E-state index in [4.69, 9.17) is 5.84 Å². The van der Waals surface area contributed by atoms with E-state index in [9.17, 15) is 0 Å². The molecule has 19 heavy (non-hydrogen) atoms. The third-order valence-corrected chi connectivity index (χ3v) is 3.21. The van der Waals surface area contributed by atoms with Crippen molar-refractivity contribution >= 4 is 10.8 Å². The Labute approximate surface area is 111 Å². The van der Waals surface area contributed by atoms with E-state index in [2.05, 4.69) is 21.6 Å². The molecule has 0 saturated heterocycles. The molecule has 5 heteroatoms. The molecule has 2 heterocycles. The molecule has 0 spiro atoms. The van der Waals surface area contributed by atoms with Gasteiger partial charge in [-0.05, 0) is 11.5 Å². The van der Waals surface area contributed by atoms with Gasteiger partial charge in [0.25, 0.3) is 0 Å². The number of pyridine rings is 1. The lowest BCUT2D eigenvalue weighted by molar-refractivity contribution is 0.605. The molecule has 3 N–H and O–H groups in total. The van der Waals surface area contributed by atoms with Crippen LogP contribution in [0.3, 0.4) is 0 Å². The van der Waals surface area contributed by atoms with Crippen molar-refractivity contribution in [3.8, 4) is 0 Å². The summed E-state index contributed by atoms with van der Waals surface area (Å²) in [4.78, 5) is 4.28. The van der Waals surface area contributed by atoms with Crippen molar-refractivity contribution < 1.29 is 0 Å². The molecular formula is C14H15N5. The number of benzene rings is 1. The lowest BCUT2D eigenvalue weighted by Gasteiger charge is -2.15. The SMILES string of the molecule is Cn1ccc(C(NN)c2cncc3ccccc23)n1. The first-order chi connectivity index (χ1) is 9.29. The second-order valence-corrected chi connectivity index (χ2v) is 4.46. The normalized spacial score (nSPS) is 12.7. The van der Waals surface area contributed by atoms with Crippen LogP contribution < -0.4 is 11.3 Å². The average Bonchev–Trinajstić information content (AvgIpc) is 2.86. The maximum absolute atomic E-state index is 5.71. The van der Waals surface area contributed by atoms with Crippen LogP contribution in [0, 0.1) is 0 Å². The summed E-state index contributed by atoms with van der Waals surface area (Å²) in [5.74, 6) is 5.71. The lowest BCUT2D eigenvalue weighted by Crippen LogP contribution is -2.29. The molecule has 3 aromatic rings. The van der Waals surface area contributed by atoms with Gasteiger partial charge in [-0.25, -0.2) is 5.43 Å². The molecule has 96 valence electrons. The van der Waals surface area contributed by atoms with Crippen LogP contribution in [0.5, 0.6) is 0 Å². The van der Waals surface area contributed by atoms with Gasteiger partial charge in [0.15, 0.2) is 0 Å². The van der Waals surface area contributed by atoms with Gasteiger partial charge in [0.05, 0.1) is 11.7 Å². The standard InChI is InChI=1S/C14H15N5/c1-19-7-6-13(18-19)14(17-15)12-9-16-8-10-4-2-3-5-11(10)12/h2-9,14,17H,15H2,1H3. The van der Waals surface area contributed by atoms with Crippen LogP contribution in [-0.2, 0) is 7.05 Å². The van der Waals surface area contributed by atoms with Crippen LogP contribution in [0.4, 0.5) is 0 Å². The van der Waals surface area contributed by atoms with Crippen molar-refractivity contribution in [1.82, 2.24) is 20.2 Å². The third kappa shape index (κ3) is 2.09. The van der Waals surface area contributed by atoms with Gasteiger partial charge in [-0.15, -0.1) is 0 Å². The molecule has 0 fully saturated rings. The van der Waals surface area contributed by atoms with Gasteiger partial charge in [-0.3, -0.25) is 15.5 Å². The van der Waals surface area contributed by atoms with Crippen LogP contribution in [-0.4, -0.2) is 14.8 Å². The fraction of sp³-hybridized carbons (Fsp3) is 0.143. The predicted molar refractivity (Wildman–Crippen MR) is 74.1 cm³/mol. The Kier molecular flexibility index (Phi) is 2.98. The maximum Gasteiger partial charge on any atom is 0.0920 e. The van der Waals surface area contributed by atoms with Gasteiger partial charge >= 0.3 is 0 Å². The minimum atomic E-state index is -0.167. The molecule has 0 amide bonds. The van der Waals surface area contributed by atoms with Crippen molar-refractivity contribution in [3.63, 3.8) is 0 Å². The van der Waals surface area contributed by atoms with E-state index in [1.165, 1.54) is 0 Å². The molecule has 0 aliphatic rings. The van der Waals surface area contributed by atoms with E-state index >= 15 is 0 Å². The molecule has 1 atom stereocenters. The number of hydrazine groups is 1. The number of aromatic nitrogens is 3. The monoisotopic (exact) mass is 253 g/mol. The molecular weight excluding hydrogens is 238 g/mol. The Balaban J connectivity index is 2.16. The highest BCUT2D eigenvalue weighted by atomic mass is 15.3. The fourth-order valence-corrected chi connectivity index (χ4v) is 2.29. The first kappa shape index (κ1) is 11.8. The molecule has 0 radical (unpaired) electrons. The summed E-state index contributed by atoms with van der Waals surface area (Å²) in [5.41, 5.74) is 4.73. The van der Waals surface area contributed by atoms with Gasteiger partial charge in [-0.2, -0.15) is 5.10 Å². The van der Waals surface area contributed by atoms with E-state index in [1.807, 2.05) is 49.9 Å². The molecule has 0 aliphatic heterocycles. The molecule has 1 aromatic carbocycles. The topological polar surface area (TPSA) is 68.8 Å². The number of nitrogens with two attached hydrogens (primary N) is 1.